The minimum Gasteiger partial charge on any atom is -0.507 e. The fourth-order valence-electron chi connectivity index (χ4n) is 4.67. The van der Waals surface area contributed by atoms with Gasteiger partial charge in [-0.3, -0.25) is 9.69 Å². The number of piperazine rings is 1. The van der Waals surface area contributed by atoms with E-state index in [4.69, 9.17) is 4.74 Å². The molecule has 6 nitrogen and oxygen atoms in total. The van der Waals surface area contributed by atoms with Crippen LogP contribution in [-0.4, -0.2) is 59.3 Å². The summed E-state index contributed by atoms with van der Waals surface area (Å²) < 4.78 is 7.11. The fraction of sp³-hybridized carbons (Fsp3) is 0.370. The molecule has 2 heterocycles. The summed E-state index contributed by atoms with van der Waals surface area (Å²) in [6, 6.07) is 19.2. The Bertz CT molecular complexity index is 1120. The SMILES string of the molecule is CCN1CCN(C(c2ccc(OC)cc2)c2c(O)cc(C)n(Cc3ccccc3)c2=O)CC1. The highest BCUT2D eigenvalue weighted by molar-refractivity contribution is 5.42. The molecule has 0 bridgehead atoms. The number of benzene rings is 2. The van der Waals surface area contributed by atoms with E-state index in [0.29, 0.717) is 12.1 Å². The van der Waals surface area contributed by atoms with Crippen LogP contribution in [0.15, 0.2) is 65.5 Å². The van der Waals surface area contributed by atoms with Gasteiger partial charge in [0, 0.05) is 31.9 Å². The molecule has 0 amide bonds. The first-order valence-electron chi connectivity index (χ1n) is 11.6. The van der Waals surface area contributed by atoms with Gasteiger partial charge in [0.2, 0.25) is 0 Å². The number of nitrogens with zero attached hydrogens (tertiary/aromatic N) is 3. The van der Waals surface area contributed by atoms with Crippen LogP contribution in [0.4, 0.5) is 0 Å². The first-order valence-corrected chi connectivity index (χ1v) is 11.6. The van der Waals surface area contributed by atoms with E-state index in [-0.39, 0.29) is 17.4 Å². The van der Waals surface area contributed by atoms with E-state index in [9.17, 15) is 9.90 Å². The number of rotatable bonds is 7. The van der Waals surface area contributed by atoms with E-state index >= 15 is 0 Å². The van der Waals surface area contributed by atoms with Crippen molar-refractivity contribution in [3.8, 4) is 11.5 Å². The average molecular weight is 448 g/mol. The van der Waals surface area contributed by atoms with Crippen LogP contribution >= 0.6 is 0 Å². The van der Waals surface area contributed by atoms with Gasteiger partial charge in [0.05, 0.1) is 25.3 Å². The lowest BCUT2D eigenvalue weighted by atomic mass is 9.95. The predicted molar refractivity (Wildman–Crippen MR) is 131 cm³/mol. The maximum absolute atomic E-state index is 13.9. The zero-order valence-electron chi connectivity index (χ0n) is 19.7. The minimum absolute atomic E-state index is 0.0561. The van der Waals surface area contributed by atoms with Gasteiger partial charge in [-0.15, -0.1) is 0 Å². The van der Waals surface area contributed by atoms with E-state index < -0.39 is 0 Å². The summed E-state index contributed by atoms with van der Waals surface area (Å²) in [4.78, 5) is 18.6. The Morgan fingerprint density at radius 3 is 2.27 bits per heavy atom. The fourth-order valence-corrected chi connectivity index (χ4v) is 4.67. The maximum Gasteiger partial charge on any atom is 0.259 e. The molecule has 6 heteroatoms. The van der Waals surface area contributed by atoms with E-state index in [1.165, 1.54) is 0 Å². The maximum atomic E-state index is 13.9. The summed E-state index contributed by atoms with van der Waals surface area (Å²) in [6.07, 6.45) is 0. The van der Waals surface area contributed by atoms with Crippen molar-refractivity contribution in [2.24, 2.45) is 0 Å². The number of aromatic nitrogens is 1. The van der Waals surface area contributed by atoms with Crippen LogP contribution in [0.5, 0.6) is 11.5 Å². The summed E-state index contributed by atoms with van der Waals surface area (Å²) in [5.41, 5.74) is 3.07. The number of aromatic hydroxyl groups is 1. The molecule has 3 aromatic rings. The Morgan fingerprint density at radius 1 is 1.00 bits per heavy atom. The highest BCUT2D eigenvalue weighted by Crippen LogP contribution is 2.34. The zero-order valence-corrected chi connectivity index (χ0v) is 19.7. The van der Waals surface area contributed by atoms with Gasteiger partial charge in [-0.1, -0.05) is 49.4 Å². The van der Waals surface area contributed by atoms with Gasteiger partial charge in [0.25, 0.3) is 5.56 Å². The summed E-state index contributed by atoms with van der Waals surface area (Å²) in [5, 5.41) is 11.0. The standard InChI is InChI=1S/C27H33N3O3/c1-4-28-14-16-29(17-15-28)26(22-10-12-23(33-3)13-11-22)25-24(31)18-20(2)30(27(25)32)19-21-8-6-5-7-9-21/h5-13,18,26,31H,4,14-17,19H2,1-3H3. The van der Waals surface area contributed by atoms with E-state index in [2.05, 4.69) is 16.7 Å². The minimum atomic E-state index is -0.329. The first-order chi connectivity index (χ1) is 16.0. The van der Waals surface area contributed by atoms with Crippen LogP contribution < -0.4 is 10.3 Å². The molecule has 1 N–H and O–H groups in total. The molecule has 2 aromatic carbocycles. The second-order valence-electron chi connectivity index (χ2n) is 8.61. The molecule has 0 spiro atoms. The van der Waals surface area contributed by atoms with E-state index in [1.54, 1.807) is 17.7 Å². The van der Waals surface area contributed by atoms with E-state index in [1.807, 2.05) is 61.5 Å². The van der Waals surface area contributed by atoms with Crippen molar-refractivity contribution in [2.75, 3.05) is 39.8 Å². The lowest BCUT2D eigenvalue weighted by molar-refractivity contribution is 0.111. The monoisotopic (exact) mass is 447 g/mol. The molecule has 1 atom stereocenters. The number of pyridine rings is 1. The Labute approximate surface area is 195 Å². The summed E-state index contributed by atoms with van der Waals surface area (Å²) in [5.74, 6) is 0.823. The first kappa shape index (κ1) is 23.1. The third-order valence-corrected chi connectivity index (χ3v) is 6.63. The van der Waals surface area contributed by atoms with Crippen molar-refractivity contribution >= 4 is 0 Å². The number of ether oxygens (including phenoxy) is 1. The van der Waals surface area contributed by atoms with E-state index in [0.717, 1.165) is 55.3 Å². The van der Waals surface area contributed by atoms with Crippen molar-refractivity contribution in [3.05, 3.63) is 93.4 Å². The van der Waals surface area contributed by atoms with Crippen molar-refractivity contribution in [1.82, 2.24) is 14.4 Å². The highest BCUT2D eigenvalue weighted by atomic mass is 16.5. The third kappa shape index (κ3) is 4.97. The van der Waals surface area contributed by atoms with Crippen LogP contribution in [0, 0.1) is 6.92 Å². The topological polar surface area (TPSA) is 57.9 Å². The molecule has 33 heavy (non-hydrogen) atoms. The van der Waals surface area contributed by atoms with Crippen molar-refractivity contribution in [2.45, 2.75) is 26.4 Å². The lowest BCUT2D eigenvalue weighted by Crippen LogP contribution is -2.48. The molecule has 0 radical (unpaired) electrons. The van der Waals surface area contributed by atoms with Crippen LogP contribution in [0.2, 0.25) is 0 Å². The van der Waals surface area contributed by atoms with Crippen LogP contribution in [-0.2, 0) is 6.54 Å². The normalized spacial score (nSPS) is 16.0. The average Bonchev–Trinajstić information content (AvgIpc) is 2.85. The molecule has 1 aliphatic heterocycles. The summed E-state index contributed by atoms with van der Waals surface area (Å²) in [6.45, 7) is 9.06. The van der Waals surface area contributed by atoms with Gasteiger partial charge in [0.1, 0.15) is 11.5 Å². The van der Waals surface area contributed by atoms with Gasteiger partial charge in [-0.25, -0.2) is 0 Å². The van der Waals surface area contributed by atoms with Gasteiger partial charge >= 0.3 is 0 Å². The molecular weight excluding hydrogens is 414 g/mol. The smallest absolute Gasteiger partial charge is 0.259 e. The van der Waals surface area contributed by atoms with Crippen molar-refractivity contribution in [1.29, 1.82) is 0 Å². The molecule has 1 aromatic heterocycles. The number of hydrogen-bond donors (Lipinski definition) is 1. The Balaban J connectivity index is 1.80. The van der Waals surface area contributed by atoms with Gasteiger partial charge < -0.3 is 19.3 Å². The van der Waals surface area contributed by atoms with Crippen LogP contribution in [0.3, 0.4) is 0 Å². The lowest BCUT2D eigenvalue weighted by Gasteiger charge is -2.39. The van der Waals surface area contributed by atoms with Crippen LogP contribution in [0.25, 0.3) is 0 Å². The quantitative estimate of drug-likeness (QED) is 0.599. The summed E-state index contributed by atoms with van der Waals surface area (Å²) >= 11 is 0. The molecule has 1 unspecified atom stereocenters. The largest absolute Gasteiger partial charge is 0.507 e. The zero-order chi connectivity index (χ0) is 23.4. The highest BCUT2D eigenvalue weighted by Gasteiger charge is 2.31. The Morgan fingerprint density at radius 2 is 1.67 bits per heavy atom. The molecule has 1 aliphatic rings. The Hall–Kier alpha value is -3.09. The van der Waals surface area contributed by atoms with Crippen molar-refractivity contribution < 1.29 is 9.84 Å². The molecule has 1 saturated heterocycles. The van der Waals surface area contributed by atoms with Gasteiger partial charge in [-0.05, 0) is 42.8 Å². The number of methoxy groups -OCH3 is 1. The second kappa shape index (κ2) is 10.2. The number of likely N-dealkylation sites (N-methyl/N-ethyl adjacent to an activating group) is 1. The molecule has 0 saturated carbocycles. The molecular formula is C27H33N3O3. The predicted octanol–water partition coefficient (Wildman–Crippen LogP) is 3.65. The molecule has 174 valence electrons. The second-order valence-corrected chi connectivity index (χ2v) is 8.61. The molecule has 1 fully saturated rings. The molecule has 0 aliphatic carbocycles. The van der Waals surface area contributed by atoms with Gasteiger partial charge in [-0.2, -0.15) is 0 Å². The summed E-state index contributed by atoms with van der Waals surface area (Å²) in [7, 11) is 1.64. The third-order valence-electron chi connectivity index (χ3n) is 6.63. The van der Waals surface area contributed by atoms with Gasteiger partial charge in [0.15, 0.2) is 0 Å². The van der Waals surface area contributed by atoms with Crippen LogP contribution in [0.1, 0.15) is 35.3 Å². The number of aryl methyl sites for hydroxylation is 1. The Kier molecular flexibility index (Phi) is 7.16. The molecule has 4 rings (SSSR count). The number of hydrogen-bond acceptors (Lipinski definition) is 5. The van der Waals surface area contributed by atoms with Crippen molar-refractivity contribution in [3.63, 3.8) is 0 Å².